The quantitative estimate of drug-likeness (QED) is 0.838. The summed E-state index contributed by atoms with van der Waals surface area (Å²) in [6.07, 6.45) is 0. The second-order valence-corrected chi connectivity index (χ2v) is 4.50. The molecule has 0 amide bonds. The number of benzene rings is 1. The van der Waals surface area contributed by atoms with E-state index in [2.05, 4.69) is 24.0 Å². The average Bonchev–Trinajstić information content (AvgIpc) is 2.61. The molecule has 3 N–H and O–H groups in total. The third-order valence-electron chi connectivity index (χ3n) is 2.54. The number of anilines is 1. The van der Waals surface area contributed by atoms with Gasteiger partial charge in [0.25, 0.3) is 0 Å². The summed E-state index contributed by atoms with van der Waals surface area (Å²) in [5, 5.41) is 7.75. The smallest absolute Gasteiger partial charge is 0.149 e. The Bertz CT molecular complexity index is 485. The van der Waals surface area contributed by atoms with Crippen LogP contribution in [0.4, 0.5) is 5.82 Å². The summed E-state index contributed by atoms with van der Waals surface area (Å²) in [7, 11) is 0. The fourth-order valence-electron chi connectivity index (χ4n) is 1.79. The van der Waals surface area contributed by atoms with E-state index in [1.807, 2.05) is 24.3 Å². The molecule has 3 nitrogen and oxygen atoms in total. The molecule has 1 aromatic heterocycles. The molecule has 0 radical (unpaired) electrons. The van der Waals surface area contributed by atoms with Crippen molar-refractivity contribution in [2.75, 3.05) is 5.73 Å². The number of H-pyrrole nitrogens is 1. The highest BCUT2D eigenvalue weighted by molar-refractivity contribution is 6.30. The van der Waals surface area contributed by atoms with Gasteiger partial charge in [-0.2, -0.15) is 5.10 Å². The van der Waals surface area contributed by atoms with Gasteiger partial charge in [0.15, 0.2) is 0 Å². The maximum absolute atomic E-state index is 5.86. The Kier molecular flexibility index (Phi) is 2.88. The summed E-state index contributed by atoms with van der Waals surface area (Å²) >= 11 is 5.86. The van der Waals surface area contributed by atoms with Crippen LogP contribution in [0.3, 0.4) is 0 Å². The molecule has 0 saturated carbocycles. The summed E-state index contributed by atoms with van der Waals surface area (Å²) in [6, 6.07) is 7.64. The van der Waals surface area contributed by atoms with Gasteiger partial charge in [-0.15, -0.1) is 0 Å². The molecule has 1 heterocycles. The maximum Gasteiger partial charge on any atom is 0.149 e. The predicted molar refractivity (Wildman–Crippen MR) is 67.5 cm³/mol. The number of hydrogen-bond donors (Lipinski definition) is 2. The Hall–Kier alpha value is -1.48. The number of aromatic amines is 1. The number of rotatable bonds is 2. The van der Waals surface area contributed by atoms with Crippen LogP contribution >= 0.6 is 11.6 Å². The molecule has 4 heteroatoms. The summed E-state index contributed by atoms with van der Waals surface area (Å²) in [6.45, 7) is 4.20. The van der Waals surface area contributed by atoms with Crippen LogP contribution in [-0.2, 0) is 0 Å². The number of hydrogen-bond acceptors (Lipinski definition) is 2. The van der Waals surface area contributed by atoms with Crippen LogP contribution in [0.15, 0.2) is 24.3 Å². The zero-order chi connectivity index (χ0) is 11.7. The first-order valence-electron chi connectivity index (χ1n) is 5.19. The first kappa shape index (κ1) is 11.0. The van der Waals surface area contributed by atoms with E-state index >= 15 is 0 Å². The van der Waals surface area contributed by atoms with Crippen molar-refractivity contribution >= 4 is 17.4 Å². The Morgan fingerprint density at radius 3 is 2.44 bits per heavy atom. The molecule has 0 saturated heterocycles. The van der Waals surface area contributed by atoms with Crippen molar-refractivity contribution in [2.45, 2.75) is 19.8 Å². The molecule has 2 rings (SSSR count). The molecular weight excluding hydrogens is 222 g/mol. The Labute approximate surface area is 99.6 Å². The van der Waals surface area contributed by atoms with Gasteiger partial charge in [-0.25, -0.2) is 0 Å². The number of halogens is 1. The van der Waals surface area contributed by atoms with Gasteiger partial charge in [0.05, 0.1) is 5.69 Å². The number of aromatic nitrogens is 2. The SMILES string of the molecule is CC(C)c1c(N)n[nH]c1-c1ccc(Cl)cc1. The average molecular weight is 236 g/mol. The fourth-order valence-corrected chi connectivity index (χ4v) is 1.91. The van der Waals surface area contributed by atoms with Crippen LogP contribution in [0.1, 0.15) is 25.3 Å². The van der Waals surface area contributed by atoms with Gasteiger partial charge in [-0.3, -0.25) is 5.10 Å². The largest absolute Gasteiger partial charge is 0.382 e. The molecule has 0 atom stereocenters. The molecule has 0 aliphatic carbocycles. The number of nitrogen functional groups attached to an aromatic ring is 1. The van der Waals surface area contributed by atoms with Crippen LogP contribution in [0.25, 0.3) is 11.3 Å². The second-order valence-electron chi connectivity index (χ2n) is 4.06. The standard InChI is InChI=1S/C12H14ClN3/c1-7(2)10-11(15-16-12(10)14)8-3-5-9(13)6-4-8/h3-7H,1-2H3,(H3,14,15,16). The first-order valence-corrected chi connectivity index (χ1v) is 5.57. The highest BCUT2D eigenvalue weighted by Gasteiger charge is 2.15. The lowest BCUT2D eigenvalue weighted by molar-refractivity contribution is 0.873. The van der Waals surface area contributed by atoms with Crippen LogP contribution in [0, 0.1) is 0 Å². The summed E-state index contributed by atoms with van der Waals surface area (Å²) < 4.78 is 0. The monoisotopic (exact) mass is 235 g/mol. The second kappa shape index (κ2) is 4.18. The number of nitrogens with one attached hydrogen (secondary N) is 1. The highest BCUT2D eigenvalue weighted by Crippen LogP contribution is 2.31. The lowest BCUT2D eigenvalue weighted by Crippen LogP contribution is -1.95. The van der Waals surface area contributed by atoms with Crippen LogP contribution in [-0.4, -0.2) is 10.2 Å². The minimum Gasteiger partial charge on any atom is -0.382 e. The van der Waals surface area contributed by atoms with Crippen molar-refractivity contribution in [3.05, 3.63) is 34.9 Å². The van der Waals surface area contributed by atoms with Gasteiger partial charge in [0.1, 0.15) is 5.82 Å². The Balaban J connectivity index is 2.52. The zero-order valence-electron chi connectivity index (χ0n) is 9.29. The maximum atomic E-state index is 5.86. The van der Waals surface area contributed by atoms with Crippen LogP contribution in [0.2, 0.25) is 5.02 Å². The molecule has 1 aromatic carbocycles. The fraction of sp³-hybridized carbons (Fsp3) is 0.250. The minimum atomic E-state index is 0.337. The van der Waals surface area contributed by atoms with E-state index in [0.717, 1.165) is 21.8 Å². The molecule has 0 unspecified atom stereocenters. The zero-order valence-corrected chi connectivity index (χ0v) is 10.0. The first-order chi connectivity index (χ1) is 7.59. The molecule has 0 aliphatic heterocycles. The summed E-state index contributed by atoms with van der Waals surface area (Å²) in [4.78, 5) is 0. The molecular formula is C12H14ClN3. The number of nitrogens with two attached hydrogens (primary N) is 1. The van der Waals surface area contributed by atoms with Gasteiger partial charge in [0, 0.05) is 10.6 Å². The summed E-state index contributed by atoms with van der Waals surface area (Å²) in [5.74, 6) is 0.907. The van der Waals surface area contributed by atoms with Crippen LogP contribution in [0.5, 0.6) is 0 Å². The molecule has 2 aromatic rings. The van der Waals surface area contributed by atoms with Crippen molar-refractivity contribution in [3.8, 4) is 11.3 Å². The normalized spacial score (nSPS) is 11.0. The van der Waals surface area contributed by atoms with E-state index in [1.54, 1.807) is 0 Å². The third kappa shape index (κ3) is 1.91. The highest BCUT2D eigenvalue weighted by atomic mass is 35.5. The van der Waals surface area contributed by atoms with Crippen molar-refractivity contribution in [2.24, 2.45) is 0 Å². The molecule has 0 aliphatic rings. The predicted octanol–water partition coefficient (Wildman–Crippen LogP) is 3.44. The third-order valence-corrected chi connectivity index (χ3v) is 2.80. The van der Waals surface area contributed by atoms with E-state index in [1.165, 1.54) is 0 Å². The van der Waals surface area contributed by atoms with Crippen molar-refractivity contribution in [1.82, 2.24) is 10.2 Å². The molecule has 0 fully saturated rings. The van der Waals surface area contributed by atoms with Gasteiger partial charge >= 0.3 is 0 Å². The summed E-state index contributed by atoms with van der Waals surface area (Å²) in [5.41, 5.74) is 8.93. The molecule has 0 spiro atoms. The van der Waals surface area contributed by atoms with Gasteiger partial charge in [-0.1, -0.05) is 37.6 Å². The Morgan fingerprint density at radius 2 is 1.88 bits per heavy atom. The lowest BCUT2D eigenvalue weighted by Gasteiger charge is -2.07. The molecule has 0 bridgehead atoms. The molecule has 84 valence electrons. The number of nitrogens with zero attached hydrogens (tertiary/aromatic N) is 1. The molecule has 16 heavy (non-hydrogen) atoms. The topological polar surface area (TPSA) is 54.7 Å². The van der Waals surface area contributed by atoms with E-state index in [4.69, 9.17) is 17.3 Å². The van der Waals surface area contributed by atoms with Crippen molar-refractivity contribution < 1.29 is 0 Å². The van der Waals surface area contributed by atoms with Gasteiger partial charge in [0.2, 0.25) is 0 Å². The van der Waals surface area contributed by atoms with Gasteiger partial charge < -0.3 is 5.73 Å². The van der Waals surface area contributed by atoms with Gasteiger partial charge in [-0.05, 0) is 23.6 Å². The van der Waals surface area contributed by atoms with E-state index in [0.29, 0.717) is 11.7 Å². The Morgan fingerprint density at radius 1 is 1.25 bits per heavy atom. The van der Waals surface area contributed by atoms with Crippen molar-refractivity contribution in [1.29, 1.82) is 0 Å². The van der Waals surface area contributed by atoms with Crippen molar-refractivity contribution in [3.63, 3.8) is 0 Å². The van der Waals surface area contributed by atoms with E-state index in [9.17, 15) is 0 Å². The lowest BCUT2D eigenvalue weighted by atomic mass is 9.99. The van der Waals surface area contributed by atoms with E-state index in [-0.39, 0.29) is 0 Å². The van der Waals surface area contributed by atoms with Crippen LogP contribution < -0.4 is 5.73 Å². The van der Waals surface area contributed by atoms with E-state index < -0.39 is 0 Å². The minimum absolute atomic E-state index is 0.337.